The van der Waals surface area contributed by atoms with Crippen LogP contribution < -0.4 is 0 Å². The van der Waals surface area contributed by atoms with Gasteiger partial charge in [0.1, 0.15) is 11.6 Å². The van der Waals surface area contributed by atoms with E-state index in [1.54, 1.807) is 48.1 Å². The molecule has 1 aromatic heterocycles. The molecule has 0 atom stereocenters. The summed E-state index contributed by atoms with van der Waals surface area (Å²) < 4.78 is 29.8. The first-order valence-electron chi connectivity index (χ1n) is 15.2. The van der Waals surface area contributed by atoms with E-state index in [1.807, 2.05) is 67.6 Å². The zero-order chi connectivity index (χ0) is 32.4. The van der Waals surface area contributed by atoms with Crippen molar-refractivity contribution in [1.82, 2.24) is 19.0 Å². The number of aryl methyl sites for hydroxylation is 1. The van der Waals surface area contributed by atoms with E-state index in [0.717, 1.165) is 41.0 Å². The number of sulfonamides is 1. The average Bonchev–Trinajstić information content (AvgIpc) is 3.51. The van der Waals surface area contributed by atoms with Crippen molar-refractivity contribution >= 4 is 27.9 Å². The lowest BCUT2D eigenvalue weighted by Gasteiger charge is -2.27. The summed E-state index contributed by atoms with van der Waals surface area (Å²) in [4.78, 5) is 28.5. The molecule has 0 bridgehead atoms. The summed E-state index contributed by atoms with van der Waals surface area (Å²) in [5.74, 6) is -1.14. The Hall–Kier alpha value is -5.11. The minimum atomic E-state index is -3.62. The summed E-state index contributed by atoms with van der Waals surface area (Å²) in [6.07, 6.45) is 6.16. The third kappa shape index (κ3) is 5.95. The zero-order valence-electron chi connectivity index (χ0n) is 25.7. The number of amides is 2. The molecule has 0 saturated carbocycles. The van der Waals surface area contributed by atoms with Crippen LogP contribution in [0.15, 0.2) is 107 Å². The summed E-state index contributed by atoms with van der Waals surface area (Å²) >= 11 is 0. The van der Waals surface area contributed by atoms with E-state index in [0.29, 0.717) is 35.5 Å². The standard InChI is InChI=1S/C36H33N5O4S/c1-25-11-13-27(14-12-25)23-40-35(42)32(26(2)33(22-37)36(40)43)21-29-24-41(30-9-5-3-6-10-30)38-34(29)28-15-17-31(18-16-28)46(44,45)39-19-7-4-8-20-39/h3,5-6,9-18,21,24H,4,7-8,19-20,23H2,1-2H3/b32-21+. The van der Waals surface area contributed by atoms with Crippen LogP contribution in [-0.2, 0) is 26.2 Å². The first kappa shape index (κ1) is 30.9. The predicted octanol–water partition coefficient (Wildman–Crippen LogP) is 5.81. The largest absolute Gasteiger partial charge is 0.271 e. The molecule has 3 aromatic carbocycles. The molecular weight excluding hydrogens is 598 g/mol. The second-order valence-electron chi connectivity index (χ2n) is 11.6. The molecule has 46 heavy (non-hydrogen) atoms. The minimum absolute atomic E-state index is 0.0246. The highest BCUT2D eigenvalue weighted by atomic mass is 32.2. The fourth-order valence-electron chi connectivity index (χ4n) is 5.77. The fourth-order valence-corrected chi connectivity index (χ4v) is 7.29. The third-order valence-corrected chi connectivity index (χ3v) is 10.3. The highest BCUT2D eigenvalue weighted by Crippen LogP contribution is 2.32. The van der Waals surface area contributed by atoms with Gasteiger partial charge in [0.05, 0.1) is 22.8 Å². The SMILES string of the molecule is CC1=C(C#N)C(=O)N(Cc2ccc(C)cc2)C(=O)/C1=C/c1cn(-c2ccccc2)nc1-c1ccc(S(=O)(=O)N2CCCCC2)cc1. The maximum Gasteiger partial charge on any atom is 0.271 e. The van der Waals surface area contributed by atoms with Crippen LogP contribution in [0.2, 0.25) is 0 Å². The van der Waals surface area contributed by atoms with E-state index in [2.05, 4.69) is 0 Å². The lowest BCUT2D eigenvalue weighted by atomic mass is 9.93. The van der Waals surface area contributed by atoms with Crippen molar-refractivity contribution < 1.29 is 18.0 Å². The van der Waals surface area contributed by atoms with Gasteiger partial charge in [0.25, 0.3) is 11.8 Å². The van der Waals surface area contributed by atoms with Crippen molar-refractivity contribution in [3.8, 4) is 23.0 Å². The Labute approximate surface area is 268 Å². The van der Waals surface area contributed by atoms with Crippen LogP contribution in [0.4, 0.5) is 0 Å². The topological polar surface area (TPSA) is 116 Å². The Morgan fingerprint density at radius 1 is 0.870 bits per heavy atom. The quantitative estimate of drug-likeness (QED) is 0.188. The first-order chi connectivity index (χ1) is 22.2. The molecule has 4 aromatic rings. The summed E-state index contributed by atoms with van der Waals surface area (Å²) in [7, 11) is -3.62. The normalized spacial score (nSPS) is 17.1. The Bertz CT molecular complexity index is 2010. The molecule has 0 spiro atoms. The van der Waals surface area contributed by atoms with Gasteiger partial charge in [0.15, 0.2) is 0 Å². The van der Waals surface area contributed by atoms with Crippen LogP contribution in [0, 0.1) is 18.3 Å². The van der Waals surface area contributed by atoms with E-state index in [-0.39, 0.29) is 22.6 Å². The molecule has 10 heteroatoms. The summed E-state index contributed by atoms with van der Waals surface area (Å²) in [6, 6.07) is 25.6. The van der Waals surface area contributed by atoms with Crippen molar-refractivity contribution in [2.24, 2.45) is 0 Å². The molecule has 1 saturated heterocycles. The zero-order valence-corrected chi connectivity index (χ0v) is 26.5. The second kappa shape index (κ2) is 12.7. The number of rotatable bonds is 7. The molecule has 0 aliphatic carbocycles. The number of hydrogen-bond donors (Lipinski definition) is 0. The highest BCUT2D eigenvalue weighted by Gasteiger charge is 2.36. The van der Waals surface area contributed by atoms with E-state index >= 15 is 0 Å². The van der Waals surface area contributed by atoms with E-state index in [9.17, 15) is 23.3 Å². The molecule has 9 nitrogen and oxygen atoms in total. The van der Waals surface area contributed by atoms with Gasteiger partial charge in [-0.15, -0.1) is 0 Å². The summed E-state index contributed by atoms with van der Waals surface area (Å²) in [5.41, 5.74) is 4.74. The summed E-state index contributed by atoms with van der Waals surface area (Å²) in [6.45, 7) is 4.61. The Morgan fingerprint density at radius 2 is 1.54 bits per heavy atom. The van der Waals surface area contributed by atoms with Gasteiger partial charge in [0, 0.05) is 36.0 Å². The third-order valence-electron chi connectivity index (χ3n) is 8.43. The molecule has 3 heterocycles. The Balaban J connectivity index is 1.43. The molecular formula is C36H33N5O4S. The van der Waals surface area contributed by atoms with Crippen molar-refractivity contribution in [2.75, 3.05) is 13.1 Å². The number of carbonyl (C=O) groups excluding carboxylic acids is 2. The van der Waals surface area contributed by atoms with E-state index in [1.165, 1.54) is 4.31 Å². The number of para-hydroxylation sites is 1. The number of benzene rings is 3. The van der Waals surface area contributed by atoms with Gasteiger partial charge >= 0.3 is 0 Å². The van der Waals surface area contributed by atoms with Gasteiger partial charge in [-0.05, 0) is 68.2 Å². The lowest BCUT2D eigenvalue weighted by Crippen LogP contribution is -2.42. The molecule has 1 fully saturated rings. The van der Waals surface area contributed by atoms with Crippen LogP contribution in [0.1, 0.15) is 42.9 Å². The smallest absolute Gasteiger partial charge is 0.269 e. The van der Waals surface area contributed by atoms with Gasteiger partial charge in [-0.25, -0.2) is 13.1 Å². The summed E-state index contributed by atoms with van der Waals surface area (Å²) in [5, 5.41) is 14.8. The van der Waals surface area contributed by atoms with Crippen molar-refractivity contribution in [1.29, 1.82) is 5.26 Å². The molecule has 2 aliphatic heterocycles. The fraction of sp³-hybridized carbons (Fsp3) is 0.222. The molecule has 6 rings (SSSR count). The Morgan fingerprint density at radius 3 is 2.20 bits per heavy atom. The van der Waals surface area contributed by atoms with Crippen LogP contribution in [0.3, 0.4) is 0 Å². The molecule has 2 amide bonds. The van der Waals surface area contributed by atoms with Crippen LogP contribution in [-0.4, -0.2) is 52.3 Å². The van der Waals surface area contributed by atoms with Crippen LogP contribution in [0.25, 0.3) is 23.0 Å². The first-order valence-corrected chi connectivity index (χ1v) is 16.6. The molecule has 2 aliphatic rings. The average molecular weight is 632 g/mol. The number of carbonyl (C=O) groups is 2. The maximum atomic E-state index is 13.9. The van der Waals surface area contributed by atoms with Gasteiger partial charge in [0.2, 0.25) is 10.0 Å². The number of nitriles is 1. The van der Waals surface area contributed by atoms with Gasteiger partial charge < -0.3 is 0 Å². The number of aromatic nitrogens is 2. The number of hydrogen-bond acceptors (Lipinski definition) is 6. The number of nitrogens with zero attached hydrogens (tertiary/aromatic N) is 5. The van der Waals surface area contributed by atoms with Crippen molar-refractivity contribution in [3.05, 3.63) is 118 Å². The Kier molecular flexibility index (Phi) is 8.54. The van der Waals surface area contributed by atoms with Crippen LogP contribution >= 0.6 is 0 Å². The van der Waals surface area contributed by atoms with Gasteiger partial charge in [-0.1, -0.05) is 66.6 Å². The monoisotopic (exact) mass is 631 g/mol. The van der Waals surface area contributed by atoms with E-state index < -0.39 is 21.8 Å². The molecule has 0 radical (unpaired) electrons. The lowest BCUT2D eigenvalue weighted by molar-refractivity contribution is -0.141. The van der Waals surface area contributed by atoms with Crippen molar-refractivity contribution in [3.63, 3.8) is 0 Å². The highest BCUT2D eigenvalue weighted by molar-refractivity contribution is 7.89. The maximum absolute atomic E-state index is 13.9. The second-order valence-corrected chi connectivity index (χ2v) is 13.5. The van der Waals surface area contributed by atoms with Crippen LogP contribution in [0.5, 0.6) is 0 Å². The number of piperidine rings is 1. The molecule has 0 unspecified atom stereocenters. The van der Waals surface area contributed by atoms with Crippen molar-refractivity contribution in [2.45, 2.75) is 44.6 Å². The molecule has 0 N–H and O–H groups in total. The van der Waals surface area contributed by atoms with Gasteiger partial charge in [-0.3, -0.25) is 14.5 Å². The molecule has 232 valence electrons. The number of imide groups is 1. The van der Waals surface area contributed by atoms with Gasteiger partial charge in [-0.2, -0.15) is 14.7 Å². The van der Waals surface area contributed by atoms with E-state index in [4.69, 9.17) is 5.10 Å². The predicted molar refractivity (Wildman–Crippen MR) is 175 cm³/mol. The minimum Gasteiger partial charge on any atom is -0.269 e.